The fourth-order valence-electron chi connectivity index (χ4n) is 0.897. The van der Waals surface area contributed by atoms with Gasteiger partial charge in [0.2, 0.25) is 5.56 Å². The smallest absolute Gasteiger partial charge is 0.249 e. The van der Waals surface area contributed by atoms with Gasteiger partial charge in [0.25, 0.3) is 0 Å². The first kappa shape index (κ1) is 6.03. The largest absolute Gasteiger partial charge is 0.305 e. The van der Waals surface area contributed by atoms with Crippen molar-refractivity contribution < 1.29 is 0 Å². The standard InChI is InChI=1S/C7H5N3O/c11-6-2-1-5-3-4-8-10-7(5)9-6/h1-4H,(H,9,10,11). The fourth-order valence-corrected chi connectivity index (χ4v) is 0.897. The summed E-state index contributed by atoms with van der Waals surface area (Å²) in [6.45, 7) is 0. The summed E-state index contributed by atoms with van der Waals surface area (Å²) in [4.78, 5) is 13.3. The average Bonchev–Trinajstić information content (AvgIpc) is 2.04. The van der Waals surface area contributed by atoms with Gasteiger partial charge in [-0.2, -0.15) is 5.10 Å². The van der Waals surface area contributed by atoms with Crippen molar-refractivity contribution in [1.29, 1.82) is 0 Å². The molecule has 2 aromatic heterocycles. The topological polar surface area (TPSA) is 58.6 Å². The predicted molar refractivity (Wildman–Crippen MR) is 40.2 cm³/mol. The van der Waals surface area contributed by atoms with Gasteiger partial charge in [-0.05, 0) is 12.1 Å². The van der Waals surface area contributed by atoms with Crippen LogP contribution in [0.4, 0.5) is 0 Å². The Kier molecular flexibility index (Phi) is 1.18. The minimum Gasteiger partial charge on any atom is -0.305 e. The van der Waals surface area contributed by atoms with Crippen LogP contribution in [0.2, 0.25) is 0 Å². The van der Waals surface area contributed by atoms with Gasteiger partial charge in [0, 0.05) is 11.5 Å². The van der Waals surface area contributed by atoms with E-state index in [0.29, 0.717) is 5.65 Å². The molecule has 0 saturated carbocycles. The van der Waals surface area contributed by atoms with E-state index in [1.807, 2.05) is 0 Å². The summed E-state index contributed by atoms with van der Waals surface area (Å²) in [7, 11) is 0. The monoisotopic (exact) mass is 147 g/mol. The Balaban J connectivity index is 2.94. The molecule has 0 radical (unpaired) electrons. The average molecular weight is 147 g/mol. The Bertz CT molecular complexity index is 435. The molecule has 0 aliphatic heterocycles. The van der Waals surface area contributed by atoms with Crippen LogP contribution in [0.5, 0.6) is 0 Å². The molecular weight excluding hydrogens is 142 g/mol. The lowest BCUT2D eigenvalue weighted by Crippen LogP contribution is -2.03. The summed E-state index contributed by atoms with van der Waals surface area (Å²) in [5.41, 5.74) is 0.373. The molecule has 0 aliphatic carbocycles. The highest BCUT2D eigenvalue weighted by atomic mass is 16.1. The summed E-state index contributed by atoms with van der Waals surface area (Å²) >= 11 is 0. The molecule has 0 atom stereocenters. The van der Waals surface area contributed by atoms with Crippen molar-refractivity contribution in [3.05, 3.63) is 34.7 Å². The molecule has 0 saturated heterocycles. The number of aromatic amines is 1. The van der Waals surface area contributed by atoms with E-state index in [-0.39, 0.29) is 5.56 Å². The van der Waals surface area contributed by atoms with Gasteiger partial charge in [-0.3, -0.25) is 4.79 Å². The van der Waals surface area contributed by atoms with E-state index in [9.17, 15) is 4.79 Å². The van der Waals surface area contributed by atoms with Gasteiger partial charge in [-0.15, -0.1) is 5.10 Å². The number of hydrogen-bond donors (Lipinski definition) is 1. The Morgan fingerprint density at radius 3 is 3.09 bits per heavy atom. The summed E-state index contributed by atoms with van der Waals surface area (Å²) in [6.07, 6.45) is 1.58. The molecule has 54 valence electrons. The number of nitrogens with one attached hydrogen (secondary N) is 1. The van der Waals surface area contributed by atoms with E-state index < -0.39 is 0 Å². The molecule has 2 aromatic rings. The Morgan fingerprint density at radius 1 is 1.27 bits per heavy atom. The number of H-pyrrole nitrogens is 1. The Hall–Kier alpha value is -1.71. The SMILES string of the molecule is O=c1ccc2ccnnc2[nH]1. The van der Waals surface area contributed by atoms with Gasteiger partial charge >= 0.3 is 0 Å². The molecule has 2 heterocycles. The van der Waals surface area contributed by atoms with Crippen LogP contribution in [0.15, 0.2) is 29.2 Å². The second kappa shape index (κ2) is 2.16. The molecule has 0 fully saturated rings. The highest BCUT2D eigenvalue weighted by Crippen LogP contribution is 2.01. The fraction of sp³-hybridized carbons (Fsp3) is 0. The molecule has 0 aliphatic rings. The minimum absolute atomic E-state index is 0.155. The van der Waals surface area contributed by atoms with Crippen molar-refractivity contribution >= 4 is 11.0 Å². The molecule has 11 heavy (non-hydrogen) atoms. The molecule has 0 unspecified atom stereocenters. The maximum absolute atomic E-state index is 10.8. The summed E-state index contributed by atoms with van der Waals surface area (Å²) in [5, 5.41) is 8.26. The second-order valence-electron chi connectivity index (χ2n) is 2.16. The lowest BCUT2D eigenvalue weighted by Gasteiger charge is -1.90. The van der Waals surface area contributed by atoms with Gasteiger partial charge in [-0.1, -0.05) is 0 Å². The zero-order valence-corrected chi connectivity index (χ0v) is 5.61. The first-order valence-corrected chi connectivity index (χ1v) is 3.17. The van der Waals surface area contributed by atoms with Crippen LogP contribution in [0.3, 0.4) is 0 Å². The third-order valence-electron chi connectivity index (χ3n) is 1.41. The maximum atomic E-state index is 10.8. The van der Waals surface area contributed by atoms with Crippen molar-refractivity contribution in [2.75, 3.05) is 0 Å². The lowest BCUT2D eigenvalue weighted by atomic mass is 10.3. The van der Waals surface area contributed by atoms with E-state index in [1.54, 1.807) is 18.3 Å². The second-order valence-corrected chi connectivity index (χ2v) is 2.16. The molecular formula is C7H5N3O. The van der Waals surface area contributed by atoms with Crippen molar-refractivity contribution in [3.63, 3.8) is 0 Å². The molecule has 0 amide bonds. The van der Waals surface area contributed by atoms with Crippen molar-refractivity contribution in [2.24, 2.45) is 0 Å². The van der Waals surface area contributed by atoms with Gasteiger partial charge in [0.05, 0.1) is 6.20 Å². The van der Waals surface area contributed by atoms with Crippen molar-refractivity contribution in [3.8, 4) is 0 Å². The quantitative estimate of drug-likeness (QED) is 0.583. The molecule has 0 spiro atoms. The number of hydrogen-bond acceptors (Lipinski definition) is 3. The van der Waals surface area contributed by atoms with Crippen LogP contribution in [0, 0.1) is 0 Å². The lowest BCUT2D eigenvalue weighted by molar-refractivity contribution is 1.04. The van der Waals surface area contributed by atoms with E-state index in [4.69, 9.17) is 0 Å². The van der Waals surface area contributed by atoms with Crippen LogP contribution in [0.1, 0.15) is 0 Å². The Morgan fingerprint density at radius 2 is 2.18 bits per heavy atom. The van der Waals surface area contributed by atoms with Gasteiger partial charge in [0.15, 0.2) is 5.65 Å². The minimum atomic E-state index is -0.155. The molecule has 0 bridgehead atoms. The van der Waals surface area contributed by atoms with E-state index in [2.05, 4.69) is 15.2 Å². The zero-order valence-electron chi connectivity index (χ0n) is 5.61. The van der Waals surface area contributed by atoms with Crippen LogP contribution < -0.4 is 5.56 Å². The first-order valence-electron chi connectivity index (χ1n) is 3.17. The van der Waals surface area contributed by atoms with E-state index in [0.717, 1.165) is 5.39 Å². The van der Waals surface area contributed by atoms with Crippen molar-refractivity contribution in [1.82, 2.24) is 15.2 Å². The predicted octanol–water partition coefficient (Wildman–Crippen LogP) is 0.318. The molecule has 4 heteroatoms. The summed E-state index contributed by atoms with van der Waals surface area (Å²) in [5.74, 6) is 0. The van der Waals surface area contributed by atoms with Crippen LogP contribution >= 0.6 is 0 Å². The number of nitrogens with zero attached hydrogens (tertiary/aromatic N) is 2. The molecule has 4 nitrogen and oxygen atoms in total. The highest BCUT2D eigenvalue weighted by molar-refractivity contribution is 5.72. The number of rotatable bonds is 0. The van der Waals surface area contributed by atoms with Gasteiger partial charge < -0.3 is 4.98 Å². The third kappa shape index (κ3) is 0.980. The van der Waals surface area contributed by atoms with E-state index in [1.165, 1.54) is 6.07 Å². The van der Waals surface area contributed by atoms with E-state index >= 15 is 0 Å². The number of pyridine rings is 1. The number of aromatic nitrogens is 3. The normalized spacial score (nSPS) is 10.2. The van der Waals surface area contributed by atoms with Crippen molar-refractivity contribution in [2.45, 2.75) is 0 Å². The Labute approximate surface area is 61.9 Å². The molecule has 0 aromatic carbocycles. The van der Waals surface area contributed by atoms with Crippen LogP contribution in [-0.4, -0.2) is 15.2 Å². The van der Waals surface area contributed by atoms with Gasteiger partial charge in [-0.25, -0.2) is 0 Å². The number of fused-ring (bicyclic) bond motifs is 1. The van der Waals surface area contributed by atoms with Crippen LogP contribution in [-0.2, 0) is 0 Å². The third-order valence-corrected chi connectivity index (χ3v) is 1.41. The molecule has 2 rings (SSSR count). The maximum Gasteiger partial charge on any atom is 0.249 e. The van der Waals surface area contributed by atoms with Crippen LogP contribution in [0.25, 0.3) is 11.0 Å². The summed E-state index contributed by atoms with van der Waals surface area (Å²) in [6, 6.07) is 4.96. The first-order chi connectivity index (χ1) is 5.36. The van der Waals surface area contributed by atoms with Gasteiger partial charge in [0.1, 0.15) is 0 Å². The summed E-state index contributed by atoms with van der Waals surface area (Å²) < 4.78 is 0. The zero-order chi connectivity index (χ0) is 7.68. The molecule has 1 N–H and O–H groups in total. The highest BCUT2D eigenvalue weighted by Gasteiger charge is 1.91.